The number of epoxide rings is 1. The number of fused-ring (bicyclic) bond motifs is 5. The first-order chi connectivity index (χ1) is 15.5. The van der Waals surface area contributed by atoms with Crippen LogP contribution in [0.15, 0.2) is 54.6 Å². The molecule has 3 aliphatic heterocycles. The van der Waals surface area contributed by atoms with Gasteiger partial charge in [-0.3, -0.25) is 9.80 Å². The second-order valence-corrected chi connectivity index (χ2v) is 11.7. The van der Waals surface area contributed by atoms with Gasteiger partial charge in [-0.15, -0.1) is 23.5 Å². The predicted octanol–water partition coefficient (Wildman–Crippen LogP) is 3.38. The van der Waals surface area contributed by atoms with Crippen LogP contribution in [-0.4, -0.2) is 78.1 Å². The number of ether oxygens (including phenoxy) is 3. The third-order valence-corrected chi connectivity index (χ3v) is 10.6. The molecule has 0 saturated carbocycles. The SMILES string of the molecule is COc1ccc(C2S[C@@]3(CO)C4OC4N(C)[C@@](Cc4ccccc4)(S2)C(OC)N3C)cc1. The fraction of sp³-hybridized carbons (Fsp3) is 0.500. The summed E-state index contributed by atoms with van der Waals surface area (Å²) in [5.74, 6) is 0.836. The Morgan fingerprint density at radius 3 is 2.28 bits per heavy atom. The maximum absolute atomic E-state index is 10.8. The fourth-order valence-corrected chi connectivity index (χ4v) is 9.18. The zero-order valence-corrected chi connectivity index (χ0v) is 20.4. The molecule has 2 aromatic carbocycles. The molecule has 4 unspecified atom stereocenters. The van der Waals surface area contributed by atoms with Crippen molar-refractivity contribution in [1.82, 2.24) is 9.80 Å². The van der Waals surface area contributed by atoms with Crippen molar-refractivity contribution in [2.45, 2.75) is 39.3 Å². The number of nitrogens with zero attached hydrogens (tertiary/aromatic N) is 2. The van der Waals surface area contributed by atoms with Crippen LogP contribution in [-0.2, 0) is 15.9 Å². The number of hydrogen-bond donors (Lipinski definition) is 1. The van der Waals surface area contributed by atoms with Crippen molar-refractivity contribution in [3.05, 3.63) is 65.7 Å². The number of aliphatic hydroxyl groups is 1. The second-order valence-electron chi connectivity index (χ2n) is 8.61. The molecule has 2 bridgehead atoms. The number of benzene rings is 2. The van der Waals surface area contributed by atoms with E-state index in [0.29, 0.717) is 0 Å². The smallest absolute Gasteiger partial charge is 0.141 e. The van der Waals surface area contributed by atoms with Gasteiger partial charge in [0.15, 0.2) is 0 Å². The topological polar surface area (TPSA) is 57.7 Å². The summed E-state index contributed by atoms with van der Waals surface area (Å²) in [7, 11) is 7.65. The Morgan fingerprint density at radius 1 is 0.969 bits per heavy atom. The highest BCUT2D eigenvalue weighted by Crippen LogP contribution is 2.65. The van der Waals surface area contributed by atoms with Crippen molar-refractivity contribution in [2.75, 3.05) is 34.9 Å². The third kappa shape index (κ3) is 3.39. The van der Waals surface area contributed by atoms with Crippen molar-refractivity contribution in [1.29, 1.82) is 0 Å². The summed E-state index contributed by atoms with van der Waals surface area (Å²) < 4.78 is 17.9. The monoisotopic (exact) mass is 474 g/mol. The van der Waals surface area contributed by atoms with E-state index in [2.05, 4.69) is 60.3 Å². The Morgan fingerprint density at radius 2 is 1.66 bits per heavy atom. The van der Waals surface area contributed by atoms with Crippen LogP contribution in [0.3, 0.4) is 0 Å². The van der Waals surface area contributed by atoms with Gasteiger partial charge in [-0.1, -0.05) is 42.5 Å². The van der Waals surface area contributed by atoms with Gasteiger partial charge >= 0.3 is 0 Å². The van der Waals surface area contributed by atoms with Crippen LogP contribution in [0.1, 0.15) is 15.7 Å². The molecule has 3 heterocycles. The zero-order valence-electron chi connectivity index (χ0n) is 18.8. The van der Waals surface area contributed by atoms with Crippen molar-refractivity contribution >= 4 is 23.5 Å². The van der Waals surface area contributed by atoms with Gasteiger partial charge in [0, 0.05) is 13.5 Å². The molecule has 172 valence electrons. The van der Waals surface area contributed by atoms with Gasteiger partial charge in [0.25, 0.3) is 0 Å². The molecule has 0 amide bonds. The lowest BCUT2D eigenvalue weighted by atomic mass is 10.0. The van der Waals surface area contributed by atoms with Gasteiger partial charge in [0.2, 0.25) is 0 Å². The molecule has 0 spiro atoms. The molecule has 2 aromatic rings. The van der Waals surface area contributed by atoms with Crippen LogP contribution in [0, 0.1) is 0 Å². The number of rotatable bonds is 6. The molecule has 5 rings (SSSR count). The van der Waals surface area contributed by atoms with Gasteiger partial charge < -0.3 is 19.3 Å². The normalized spacial score (nSPS) is 36.9. The molecule has 3 saturated heterocycles. The summed E-state index contributed by atoms with van der Waals surface area (Å²) in [4.78, 5) is 3.53. The van der Waals surface area contributed by atoms with Gasteiger partial charge in [0.1, 0.15) is 34.1 Å². The van der Waals surface area contributed by atoms with E-state index in [-0.39, 0.29) is 29.7 Å². The lowest BCUT2D eigenvalue weighted by Gasteiger charge is -2.48. The van der Waals surface area contributed by atoms with E-state index in [0.717, 1.165) is 12.2 Å². The Labute approximate surface area is 198 Å². The first kappa shape index (κ1) is 22.5. The highest BCUT2D eigenvalue weighted by atomic mass is 32.2. The molecule has 0 radical (unpaired) electrons. The van der Waals surface area contributed by atoms with Gasteiger partial charge in [0.05, 0.1) is 18.3 Å². The summed E-state index contributed by atoms with van der Waals surface area (Å²) in [6, 6.07) is 18.8. The molecule has 0 aromatic heterocycles. The fourth-order valence-electron chi connectivity index (χ4n) is 5.13. The molecule has 6 nitrogen and oxygen atoms in total. The van der Waals surface area contributed by atoms with Crippen LogP contribution in [0.4, 0.5) is 0 Å². The number of thioether (sulfide) groups is 2. The number of methoxy groups -OCH3 is 2. The summed E-state index contributed by atoms with van der Waals surface area (Å²) in [5.41, 5.74) is 2.44. The molecule has 3 fully saturated rings. The molecule has 0 aliphatic carbocycles. The first-order valence-corrected chi connectivity index (χ1v) is 12.5. The van der Waals surface area contributed by atoms with Crippen molar-refractivity contribution < 1.29 is 19.3 Å². The van der Waals surface area contributed by atoms with E-state index in [1.54, 1.807) is 26.0 Å². The van der Waals surface area contributed by atoms with E-state index < -0.39 is 9.74 Å². The quantitative estimate of drug-likeness (QED) is 0.640. The lowest BCUT2D eigenvalue weighted by molar-refractivity contribution is -0.118. The molecule has 3 aliphatic rings. The first-order valence-electron chi connectivity index (χ1n) is 10.8. The minimum atomic E-state index is -0.605. The molecule has 32 heavy (non-hydrogen) atoms. The molecular weight excluding hydrogens is 444 g/mol. The standard InChI is InChI=1S/C24H30N2O4S2/c1-25-20-19(30-20)24(15-27)26(2)22(29-4)23(25,14-16-8-6-5-7-9-16)31-21(32-24)17-10-12-18(28-3)13-11-17/h5-13,19-22,27H,14-15H2,1-4H3/t19?,20?,21?,22?,23-,24-/m0/s1. The highest BCUT2D eigenvalue weighted by Gasteiger charge is 2.71. The van der Waals surface area contributed by atoms with E-state index >= 15 is 0 Å². The Hall–Kier alpha value is -1.26. The van der Waals surface area contributed by atoms with Crippen LogP contribution < -0.4 is 4.74 Å². The average molecular weight is 475 g/mol. The van der Waals surface area contributed by atoms with Gasteiger partial charge in [-0.2, -0.15) is 0 Å². The van der Waals surface area contributed by atoms with Crippen LogP contribution in [0.5, 0.6) is 5.75 Å². The largest absolute Gasteiger partial charge is 0.497 e. The van der Waals surface area contributed by atoms with E-state index in [1.165, 1.54) is 11.1 Å². The minimum Gasteiger partial charge on any atom is -0.497 e. The molecule has 8 heteroatoms. The zero-order chi connectivity index (χ0) is 22.5. The summed E-state index contributed by atoms with van der Waals surface area (Å²) in [5, 5.41) is 10.8. The minimum absolute atomic E-state index is 0.0162. The van der Waals surface area contributed by atoms with Gasteiger partial charge in [-0.25, -0.2) is 0 Å². The van der Waals surface area contributed by atoms with E-state index in [1.807, 2.05) is 30.0 Å². The Balaban J connectivity index is 1.65. The highest BCUT2D eigenvalue weighted by molar-refractivity contribution is 8.17. The molecule has 1 N–H and O–H groups in total. The summed E-state index contributed by atoms with van der Waals surface area (Å²) in [6.45, 7) is -0.0162. The van der Waals surface area contributed by atoms with Crippen LogP contribution in [0.25, 0.3) is 0 Å². The Kier molecular flexibility index (Phi) is 5.99. The van der Waals surface area contributed by atoms with Gasteiger partial charge in [-0.05, 0) is 37.4 Å². The maximum atomic E-state index is 10.8. The van der Waals surface area contributed by atoms with Crippen molar-refractivity contribution in [3.8, 4) is 5.75 Å². The molecular formula is C24H30N2O4S2. The molecule has 6 atom stereocenters. The third-order valence-electron chi connectivity index (χ3n) is 6.99. The summed E-state index contributed by atoms with van der Waals surface area (Å²) >= 11 is 3.67. The van der Waals surface area contributed by atoms with Crippen LogP contribution >= 0.6 is 23.5 Å². The van der Waals surface area contributed by atoms with E-state index in [9.17, 15) is 5.11 Å². The number of aliphatic hydroxyl groups excluding tert-OH is 1. The lowest BCUT2D eigenvalue weighted by Crippen LogP contribution is -2.62. The average Bonchev–Trinajstić information content (AvgIpc) is 3.63. The maximum Gasteiger partial charge on any atom is 0.141 e. The number of likely N-dealkylation sites (N-methyl/N-ethyl adjacent to an activating group) is 2. The van der Waals surface area contributed by atoms with Crippen LogP contribution in [0.2, 0.25) is 0 Å². The predicted molar refractivity (Wildman–Crippen MR) is 129 cm³/mol. The summed E-state index contributed by atoms with van der Waals surface area (Å²) in [6.07, 6.45) is 0.408. The second kappa shape index (κ2) is 8.51. The Bertz CT molecular complexity index is 949. The van der Waals surface area contributed by atoms with E-state index in [4.69, 9.17) is 14.2 Å². The van der Waals surface area contributed by atoms with Crippen molar-refractivity contribution in [2.24, 2.45) is 0 Å². The number of hydrogen-bond acceptors (Lipinski definition) is 8. The van der Waals surface area contributed by atoms with Crippen molar-refractivity contribution in [3.63, 3.8) is 0 Å².